The lowest BCUT2D eigenvalue weighted by Crippen LogP contribution is -2.27. The molecule has 3 rings (SSSR count). The number of fused-ring (bicyclic) bond motifs is 3. The summed E-state index contributed by atoms with van der Waals surface area (Å²) >= 11 is 0. The highest BCUT2D eigenvalue weighted by Crippen LogP contribution is 2.17. The molecule has 0 saturated carbocycles. The SMILES string of the molecule is C/C=c1\c(=C/C)c2nc(C)cnc2c2ccccc12. The molecule has 2 nitrogen and oxygen atoms in total. The molecule has 1 aromatic heterocycles. The lowest BCUT2D eigenvalue weighted by atomic mass is 10.0. The van der Waals surface area contributed by atoms with Crippen molar-refractivity contribution in [3.63, 3.8) is 0 Å². The van der Waals surface area contributed by atoms with E-state index in [-0.39, 0.29) is 0 Å². The summed E-state index contributed by atoms with van der Waals surface area (Å²) in [6.45, 7) is 6.11. The predicted molar refractivity (Wildman–Crippen MR) is 81.3 cm³/mol. The zero-order chi connectivity index (χ0) is 13.4. The van der Waals surface area contributed by atoms with Crippen LogP contribution in [-0.2, 0) is 0 Å². The van der Waals surface area contributed by atoms with Crippen molar-refractivity contribution >= 4 is 34.0 Å². The molecule has 94 valence electrons. The molecule has 2 heteroatoms. The standard InChI is InChI=1S/C17H16N2/c1-4-12-13(5-2)17-16(18-10-11(3)19-17)15-9-7-6-8-14(12)15/h4-10H,1-3H3/b12-4+,13-5+. The average Bonchev–Trinajstić information content (AvgIpc) is 2.45. The Morgan fingerprint density at radius 3 is 2.26 bits per heavy atom. The van der Waals surface area contributed by atoms with Crippen LogP contribution in [0, 0.1) is 6.92 Å². The minimum Gasteiger partial charge on any atom is -0.252 e. The van der Waals surface area contributed by atoms with Crippen molar-refractivity contribution in [2.24, 2.45) is 0 Å². The highest BCUT2D eigenvalue weighted by atomic mass is 14.8. The molecule has 3 aromatic rings. The van der Waals surface area contributed by atoms with E-state index in [2.05, 4.69) is 55.2 Å². The number of hydrogen-bond acceptors (Lipinski definition) is 2. The van der Waals surface area contributed by atoms with Gasteiger partial charge in [0.05, 0.1) is 16.7 Å². The lowest BCUT2D eigenvalue weighted by Gasteiger charge is -2.06. The molecule has 0 atom stereocenters. The van der Waals surface area contributed by atoms with Gasteiger partial charge in [0.2, 0.25) is 0 Å². The number of benzene rings is 2. The molecular formula is C17H16N2. The molecule has 0 saturated heterocycles. The minimum atomic E-state index is 0.952. The first-order valence-electron chi connectivity index (χ1n) is 6.53. The molecule has 0 unspecified atom stereocenters. The van der Waals surface area contributed by atoms with Crippen molar-refractivity contribution in [1.82, 2.24) is 9.97 Å². The monoisotopic (exact) mass is 248 g/mol. The minimum absolute atomic E-state index is 0.952. The molecular weight excluding hydrogens is 232 g/mol. The van der Waals surface area contributed by atoms with Crippen LogP contribution in [0.3, 0.4) is 0 Å². The maximum absolute atomic E-state index is 4.69. The Morgan fingerprint density at radius 1 is 0.895 bits per heavy atom. The van der Waals surface area contributed by atoms with E-state index >= 15 is 0 Å². The van der Waals surface area contributed by atoms with Gasteiger partial charge in [0.15, 0.2) is 0 Å². The predicted octanol–water partition coefficient (Wildman–Crippen LogP) is 2.69. The summed E-state index contributed by atoms with van der Waals surface area (Å²) in [5.41, 5.74) is 2.93. The van der Waals surface area contributed by atoms with Gasteiger partial charge in [0.25, 0.3) is 0 Å². The normalized spacial score (nSPS) is 13.6. The summed E-state index contributed by atoms with van der Waals surface area (Å²) < 4.78 is 0. The number of rotatable bonds is 0. The van der Waals surface area contributed by atoms with E-state index in [4.69, 9.17) is 4.98 Å². The number of aromatic nitrogens is 2. The molecule has 1 heterocycles. The van der Waals surface area contributed by atoms with Gasteiger partial charge in [-0.15, -0.1) is 0 Å². The van der Waals surface area contributed by atoms with Gasteiger partial charge >= 0.3 is 0 Å². The van der Waals surface area contributed by atoms with Gasteiger partial charge in [-0.1, -0.05) is 36.4 Å². The summed E-state index contributed by atoms with van der Waals surface area (Å²) in [5, 5.41) is 4.82. The number of hydrogen-bond donors (Lipinski definition) is 0. The van der Waals surface area contributed by atoms with E-state index in [0.29, 0.717) is 0 Å². The average molecular weight is 248 g/mol. The van der Waals surface area contributed by atoms with Gasteiger partial charge in [-0.05, 0) is 31.4 Å². The van der Waals surface area contributed by atoms with E-state index < -0.39 is 0 Å². The second-order valence-corrected chi connectivity index (χ2v) is 4.66. The van der Waals surface area contributed by atoms with E-state index in [1.165, 1.54) is 21.2 Å². The van der Waals surface area contributed by atoms with Crippen molar-refractivity contribution in [3.05, 3.63) is 46.6 Å². The van der Waals surface area contributed by atoms with Crippen molar-refractivity contribution in [3.8, 4) is 0 Å². The second-order valence-electron chi connectivity index (χ2n) is 4.66. The lowest BCUT2D eigenvalue weighted by molar-refractivity contribution is 1.18. The topological polar surface area (TPSA) is 25.8 Å². The number of aryl methyl sites for hydroxylation is 1. The Morgan fingerprint density at radius 2 is 1.58 bits per heavy atom. The molecule has 0 amide bonds. The van der Waals surface area contributed by atoms with Crippen LogP contribution < -0.4 is 10.4 Å². The number of nitrogens with zero attached hydrogens (tertiary/aromatic N) is 2. The maximum Gasteiger partial charge on any atom is 0.0971 e. The van der Waals surface area contributed by atoms with E-state index in [9.17, 15) is 0 Å². The second kappa shape index (κ2) is 4.47. The molecule has 0 aliphatic carbocycles. The summed E-state index contributed by atoms with van der Waals surface area (Å²) in [4.78, 5) is 9.29. The van der Waals surface area contributed by atoms with Crippen molar-refractivity contribution < 1.29 is 0 Å². The zero-order valence-corrected chi connectivity index (χ0v) is 11.4. The first kappa shape index (κ1) is 11.8. The first-order chi connectivity index (χ1) is 9.26. The molecule has 0 aliphatic rings. The van der Waals surface area contributed by atoms with Crippen LogP contribution in [0.1, 0.15) is 19.5 Å². The fourth-order valence-electron chi connectivity index (χ4n) is 2.66. The van der Waals surface area contributed by atoms with E-state index in [1.807, 2.05) is 13.1 Å². The summed E-state index contributed by atoms with van der Waals surface area (Å²) in [6.07, 6.45) is 6.11. The Kier molecular flexibility index (Phi) is 2.79. The van der Waals surface area contributed by atoms with Crippen LogP contribution in [0.4, 0.5) is 0 Å². The highest BCUT2D eigenvalue weighted by Gasteiger charge is 2.07. The van der Waals surface area contributed by atoms with Crippen LogP contribution >= 0.6 is 0 Å². The van der Waals surface area contributed by atoms with Crippen LogP contribution in [0.5, 0.6) is 0 Å². The Labute approximate surface area is 112 Å². The smallest absolute Gasteiger partial charge is 0.0971 e. The van der Waals surface area contributed by atoms with Crippen LogP contribution in [0.15, 0.2) is 30.5 Å². The zero-order valence-electron chi connectivity index (χ0n) is 11.4. The molecule has 0 fully saturated rings. The molecule has 0 aliphatic heterocycles. The van der Waals surface area contributed by atoms with Crippen LogP contribution in [0.2, 0.25) is 0 Å². The third kappa shape index (κ3) is 1.72. The summed E-state index contributed by atoms with van der Waals surface area (Å²) in [7, 11) is 0. The Hall–Kier alpha value is -2.22. The van der Waals surface area contributed by atoms with Gasteiger partial charge in [-0.2, -0.15) is 0 Å². The van der Waals surface area contributed by atoms with Gasteiger partial charge in [-0.25, -0.2) is 4.98 Å². The molecule has 0 bridgehead atoms. The van der Waals surface area contributed by atoms with Crippen LogP contribution in [-0.4, -0.2) is 9.97 Å². The van der Waals surface area contributed by atoms with Gasteiger partial charge in [0.1, 0.15) is 0 Å². The van der Waals surface area contributed by atoms with Crippen molar-refractivity contribution in [2.45, 2.75) is 20.8 Å². The molecule has 0 spiro atoms. The third-order valence-electron chi connectivity index (χ3n) is 3.49. The summed E-state index contributed by atoms with van der Waals surface area (Å²) in [5.74, 6) is 0. The Bertz CT molecular complexity index is 892. The van der Waals surface area contributed by atoms with Gasteiger partial charge in [0, 0.05) is 16.8 Å². The van der Waals surface area contributed by atoms with Crippen LogP contribution in [0.25, 0.3) is 34.0 Å². The highest BCUT2D eigenvalue weighted by molar-refractivity contribution is 6.04. The quantitative estimate of drug-likeness (QED) is 0.572. The molecule has 0 N–H and O–H groups in total. The Balaban J connectivity index is 2.79. The fraction of sp³-hybridized carbons (Fsp3) is 0.176. The molecule has 0 radical (unpaired) electrons. The van der Waals surface area contributed by atoms with Gasteiger partial charge < -0.3 is 0 Å². The largest absolute Gasteiger partial charge is 0.252 e. The first-order valence-corrected chi connectivity index (χ1v) is 6.53. The maximum atomic E-state index is 4.69. The van der Waals surface area contributed by atoms with Gasteiger partial charge in [-0.3, -0.25) is 4.98 Å². The molecule has 2 aromatic carbocycles. The molecule has 19 heavy (non-hydrogen) atoms. The summed E-state index contributed by atoms with van der Waals surface area (Å²) in [6, 6.07) is 8.40. The fourth-order valence-corrected chi connectivity index (χ4v) is 2.66. The third-order valence-corrected chi connectivity index (χ3v) is 3.49. The van der Waals surface area contributed by atoms with E-state index in [0.717, 1.165) is 16.7 Å². The van der Waals surface area contributed by atoms with E-state index in [1.54, 1.807) is 0 Å². The van der Waals surface area contributed by atoms with Crippen molar-refractivity contribution in [1.29, 1.82) is 0 Å². The van der Waals surface area contributed by atoms with Crippen molar-refractivity contribution in [2.75, 3.05) is 0 Å².